The molecule has 8 heteroatoms. The van der Waals surface area contributed by atoms with Crippen LogP contribution in [0.4, 0.5) is 5.69 Å². The van der Waals surface area contributed by atoms with Gasteiger partial charge in [-0.2, -0.15) is 5.10 Å². The number of carbonyl (C=O) groups is 1. The molecule has 0 saturated heterocycles. The molecule has 4 heterocycles. The summed E-state index contributed by atoms with van der Waals surface area (Å²) in [5.41, 5.74) is 3.39. The van der Waals surface area contributed by atoms with Crippen molar-refractivity contribution in [3.63, 3.8) is 0 Å². The van der Waals surface area contributed by atoms with Crippen LogP contribution in [0.2, 0.25) is 0 Å². The van der Waals surface area contributed by atoms with Crippen molar-refractivity contribution in [3.8, 4) is 0 Å². The number of amides is 1. The minimum Gasteiger partial charge on any atom is -0.361 e. The highest BCUT2D eigenvalue weighted by Crippen LogP contribution is 2.15. The fourth-order valence-corrected chi connectivity index (χ4v) is 2.74. The molecule has 0 aliphatic carbocycles. The number of hydrogen-bond acceptors (Lipinski definition) is 5. The predicted octanol–water partition coefficient (Wildman–Crippen LogP) is 2.44. The lowest BCUT2D eigenvalue weighted by Crippen LogP contribution is -2.13. The highest BCUT2D eigenvalue weighted by molar-refractivity contribution is 6.05. The van der Waals surface area contributed by atoms with Gasteiger partial charge in [0.2, 0.25) is 0 Å². The van der Waals surface area contributed by atoms with Crippen LogP contribution in [0.3, 0.4) is 0 Å². The standard InChI is InChI=1S/C17H16N6O2/c1-11-16(12(2)25-21-11)17(24)20-13-7-18-23(9-13)10-14-8-22-6-4-3-5-15(22)19-14/h3-9H,10H2,1-2H3,(H,20,24). The first-order valence-electron chi connectivity index (χ1n) is 7.79. The number of aryl methyl sites for hydroxylation is 2. The highest BCUT2D eigenvalue weighted by Gasteiger charge is 2.18. The van der Waals surface area contributed by atoms with Gasteiger partial charge in [0.1, 0.15) is 17.0 Å². The third kappa shape index (κ3) is 2.89. The van der Waals surface area contributed by atoms with E-state index in [1.54, 1.807) is 30.9 Å². The van der Waals surface area contributed by atoms with E-state index in [4.69, 9.17) is 4.52 Å². The second-order valence-electron chi connectivity index (χ2n) is 5.78. The largest absolute Gasteiger partial charge is 0.361 e. The molecule has 0 spiro atoms. The molecule has 0 bridgehead atoms. The summed E-state index contributed by atoms with van der Waals surface area (Å²) in [6.07, 6.45) is 7.27. The van der Waals surface area contributed by atoms with Crippen molar-refractivity contribution in [3.05, 3.63) is 65.7 Å². The van der Waals surface area contributed by atoms with Crippen LogP contribution in [0.15, 0.2) is 47.5 Å². The second kappa shape index (κ2) is 5.90. The van der Waals surface area contributed by atoms with Gasteiger partial charge in [-0.05, 0) is 26.0 Å². The molecule has 4 rings (SSSR count). The Hall–Kier alpha value is -3.42. The molecular weight excluding hydrogens is 320 g/mol. The average molecular weight is 336 g/mol. The maximum absolute atomic E-state index is 12.3. The molecule has 1 amide bonds. The van der Waals surface area contributed by atoms with Crippen LogP contribution in [0, 0.1) is 13.8 Å². The molecule has 0 aromatic carbocycles. The molecule has 0 atom stereocenters. The van der Waals surface area contributed by atoms with E-state index in [9.17, 15) is 4.79 Å². The Kier molecular flexibility index (Phi) is 3.57. The summed E-state index contributed by atoms with van der Waals surface area (Å²) < 4.78 is 8.71. The monoisotopic (exact) mass is 336 g/mol. The van der Waals surface area contributed by atoms with Crippen molar-refractivity contribution < 1.29 is 9.32 Å². The van der Waals surface area contributed by atoms with Gasteiger partial charge >= 0.3 is 0 Å². The Morgan fingerprint density at radius 2 is 2.16 bits per heavy atom. The summed E-state index contributed by atoms with van der Waals surface area (Å²) in [5, 5.41) is 10.9. The normalized spacial score (nSPS) is 11.1. The van der Waals surface area contributed by atoms with E-state index >= 15 is 0 Å². The van der Waals surface area contributed by atoms with Crippen LogP contribution < -0.4 is 5.32 Å². The zero-order valence-electron chi connectivity index (χ0n) is 13.8. The Morgan fingerprint density at radius 1 is 1.28 bits per heavy atom. The Bertz CT molecular complexity index is 1010. The maximum Gasteiger partial charge on any atom is 0.261 e. The van der Waals surface area contributed by atoms with Crippen LogP contribution in [0.25, 0.3) is 5.65 Å². The van der Waals surface area contributed by atoms with E-state index in [-0.39, 0.29) is 5.91 Å². The minimum absolute atomic E-state index is 0.261. The van der Waals surface area contributed by atoms with E-state index < -0.39 is 0 Å². The highest BCUT2D eigenvalue weighted by atomic mass is 16.5. The first kappa shape index (κ1) is 15.1. The number of pyridine rings is 1. The molecule has 0 aliphatic heterocycles. The number of aromatic nitrogens is 5. The fourth-order valence-electron chi connectivity index (χ4n) is 2.74. The second-order valence-corrected chi connectivity index (χ2v) is 5.78. The van der Waals surface area contributed by atoms with Gasteiger partial charge in [-0.1, -0.05) is 11.2 Å². The third-order valence-electron chi connectivity index (χ3n) is 3.89. The van der Waals surface area contributed by atoms with Crippen molar-refractivity contribution in [1.29, 1.82) is 0 Å². The molecule has 0 unspecified atom stereocenters. The van der Waals surface area contributed by atoms with Crippen LogP contribution in [-0.2, 0) is 6.54 Å². The molecule has 8 nitrogen and oxygen atoms in total. The van der Waals surface area contributed by atoms with E-state index in [0.717, 1.165) is 11.3 Å². The summed E-state index contributed by atoms with van der Waals surface area (Å²) in [7, 11) is 0. The van der Waals surface area contributed by atoms with Crippen LogP contribution in [-0.4, -0.2) is 30.2 Å². The number of imidazole rings is 1. The maximum atomic E-state index is 12.3. The molecule has 25 heavy (non-hydrogen) atoms. The van der Waals surface area contributed by atoms with E-state index in [0.29, 0.717) is 29.2 Å². The summed E-state index contributed by atoms with van der Waals surface area (Å²) in [5.74, 6) is 0.232. The smallest absolute Gasteiger partial charge is 0.261 e. The van der Waals surface area contributed by atoms with Crippen molar-refractivity contribution in [2.24, 2.45) is 0 Å². The van der Waals surface area contributed by atoms with Crippen molar-refractivity contribution in [2.45, 2.75) is 20.4 Å². The molecule has 126 valence electrons. The third-order valence-corrected chi connectivity index (χ3v) is 3.89. The van der Waals surface area contributed by atoms with Crippen LogP contribution in [0.5, 0.6) is 0 Å². The Labute approximate surface area is 143 Å². The predicted molar refractivity (Wildman–Crippen MR) is 90.5 cm³/mol. The molecule has 0 radical (unpaired) electrons. The topological polar surface area (TPSA) is 90.3 Å². The van der Waals surface area contributed by atoms with Gasteiger partial charge in [0.15, 0.2) is 0 Å². The van der Waals surface area contributed by atoms with E-state index in [2.05, 4.69) is 20.6 Å². The number of nitrogens with zero attached hydrogens (tertiary/aromatic N) is 5. The molecule has 4 aromatic heterocycles. The SMILES string of the molecule is Cc1noc(C)c1C(=O)Nc1cnn(Cc2cn3ccccc3n2)c1. The minimum atomic E-state index is -0.261. The van der Waals surface area contributed by atoms with Gasteiger partial charge in [0, 0.05) is 18.6 Å². The van der Waals surface area contributed by atoms with Crippen molar-refractivity contribution in [1.82, 2.24) is 24.3 Å². The lowest BCUT2D eigenvalue weighted by molar-refractivity contribution is 0.102. The number of rotatable bonds is 4. The fraction of sp³-hybridized carbons (Fsp3) is 0.176. The van der Waals surface area contributed by atoms with Gasteiger partial charge in [0.05, 0.1) is 29.8 Å². The number of anilines is 1. The first-order valence-corrected chi connectivity index (χ1v) is 7.79. The lowest BCUT2D eigenvalue weighted by Gasteiger charge is -2.01. The van der Waals surface area contributed by atoms with Crippen molar-refractivity contribution in [2.75, 3.05) is 5.32 Å². The van der Waals surface area contributed by atoms with Crippen LogP contribution in [0.1, 0.15) is 27.5 Å². The van der Waals surface area contributed by atoms with E-state index in [1.165, 1.54) is 0 Å². The summed E-state index contributed by atoms with van der Waals surface area (Å²) in [6, 6.07) is 5.85. The molecule has 4 aromatic rings. The van der Waals surface area contributed by atoms with Gasteiger partial charge in [-0.15, -0.1) is 0 Å². The zero-order valence-corrected chi connectivity index (χ0v) is 13.8. The Balaban J connectivity index is 1.49. The molecule has 0 saturated carbocycles. The summed E-state index contributed by atoms with van der Waals surface area (Å²) in [4.78, 5) is 16.9. The lowest BCUT2D eigenvalue weighted by atomic mass is 10.2. The molecule has 0 aliphatic rings. The number of fused-ring (bicyclic) bond motifs is 1. The van der Waals surface area contributed by atoms with Gasteiger partial charge in [0.25, 0.3) is 5.91 Å². The molecule has 1 N–H and O–H groups in total. The Morgan fingerprint density at radius 3 is 2.92 bits per heavy atom. The van der Waals surface area contributed by atoms with Gasteiger partial charge < -0.3 is 14.2 Å². The number of nitrogens with one attached hydrogen (secondary N) is 1. The van der Waals surface area contributed by atoms with Gasteiger partial charge in [-0.25, -0.2) is 4.98 Å². The number of hydrogen-bond donors (Lipinski definition) is 1. The quantitative estimate of drug-likeness (QED) is 0.618. The van der Waals surface area contributed by atoms with Gasteiger partial charge in [-0.3, -0.25) is 9.48 Å². The molecular formula is C17H16N6O2. The summed E-state index contributed by atoms with van der Waals surface area (Å²) >= 11 is 0. The zero-order chi connectivity index (χ0) is 17.4. The number of carbonyl (C=O) groups excluding carboxylic acids is 1. The summed E-state index contributed by atoms with van der Waals surface area (Å²) in [6.45, 7) is 3.96. The average Bonchev–Trinajstić information content (AvgIpc) is 3.27. The van der Waals surface area contributed by atoms with E-state index in [1.807, 2.05) is 35.0 Å². The van der Waals surface area contributed by atoms with Crippen molar-refractivity contribution >= 4 is 17.2 Å². The molecule has 0 fully saturated rings. The first-order chi connectivity index (χ1) is 12.1. The van der Waals surface area contributed by atoms with Crippen LogP contribution >= 0.6 is 0 Å².